The lowest BCUT2D eigenvalue weighted by molar-refractivity contribution is 1.33. The van der Waals surface area contributed by atoms with Crippen molar-refractivity contribution in [2.24, 2.45) is 0 Å². The van der Waals surface area contributed by atoms with Crippen LogP contribution >= 0.6 is 22.9 Å². The van der Waals surface area contributed by atoms with E-state index < -0.39 is 0 Å². The van der Waals surface area contributed by atoms with E-state index in [1.165, 1.54) is 0 Å². The Kier molecular flexibility index (Phi) is 2.01. The minimum atomic E-state index is 0.805. The first-order valence-electron chi connectivity index (χ1n) is 4.52. The van der Waals surface area contributed by atoms with Crippen LogP contribution < -0.4 is 0 Å². The molecule has 0 saturated heterocycles. The maximum absolute atomic E-state index is 5.90. The van der Waals surface area contributed by atoms with Gasteiger partial charge in [0.15, 0.2) is 0 Å². The maximum Gasteiger partial charge on any atom is 0.137 e. The standard InChI is InChI=1S/C11H7ClN2S/c12-10-2-1-9(15-10)8-5-7-3-4-13-11(7)14-6-8/h1-6H,(H,13,14). The van der Waals surface area contributed by atoms with E-state index in [9.17, 15) is 0 Å². The Morgan fingerprint density at radius 1 is 1.27 bits per heavy atom. The Hall–Kier alpha value is -1.32. The average molecular weight is 235 g/mol. The van der Waals surface area contributed by atoms with E-state index in [1.807, 2.05) is 30.6 Å². The molecule has 0 aliphatic rings. The number of nitrogens with zero attached hydrogens (tertiary/aromatic N) is 1. The number of nitrogens with one attached hydrogen (secondary N) is 1. The fraction of sp³-hybridized carbons (Fsp3) is 0. The highest BCUT2D eigenvalue weighted by molar-refractivity contribution is 7.19. The number of aromatic amines is 1. The summed E-state index contributed by atoms with van der Waals surface area (Å²) < 4.78 is 0.805. The van der Waals surface area contributed by atoms with E-state index in [0.29, 0.717) is 0 Å². The molecule has 0 fully saturated rings. The molecular formula is C11H7ClN2S. The highest BCUT2D eigenvalue weighted by Crippen LogP contribution is 2.31. The summed E-state index contributed by atoms with van der Waals surface area (Å²) in [4.78, 5) is 8.55. The first-order chi connectivity index (χ1) is 7.33. The van der Waals surface area contributed by atoms with Gasteiger partial charge in [0.2, 0.25) is 0 Å². The molecule has 0 spiro atoms. The van der Waals surface area contributed by atoms with Gasteiger partial charge >= 0.3 is 0 Å². The summed E-state index contributed by atoms with van der Waals surface area (Å²) in [6, 6.07) is 8.05. The van der Waals surface area contributed by atoms with Crippen LogP contribution in [0.3, 0.4) is 0 Å². The number of pyridine rings is 1. The van der Waals surface area contributed by atoms with Gasteiger partial charge in [-0.25, -0.2) is 4.98 Å². The number of rotatable bonds is 1. The second-order valence-electron chi connectivity index (χ2n) is 3.24. The molecule has 0 atom stereocenters. The maximum atomic E-state index is 5.90. The van der Waals surface area contributed by atoms with Gasteiger partial charge in [-0.1, -0.05) is 11.6 Å². The van der Waals surface area contributed by atoms with Crippen LogP contribution in [-0.4, -0.2) is 9.97 Å². The molecule has 3 rings (SSSR count). The molecule has 0 unspecified atom stereocenters. The number of H-pyrrole nitrogens is 1. The molecular weight excluding hydrogens is 228 g/mol. The predicted molar refractivity (Wildman–Crippen MR) is 64.4 cm³/mol. The van der Waals surface area contributed by atoms with Crippen LogP contribution in [0.5, 0.6) is 0 Å². The summed E-state index contributed by atoms with van der Waals surface area (Å²) in [5.74, 6) is 0. The molecule has 0 radical (unpaired) electrons. The molecule has 3 aromatic rings. The number of aromatic nitrogens is 2. The minimum Gasteiger partial charge on any atom is -0.346 e. The van der Waals surface area contributed by atoms with Gasteiger partial charge in [-0.05, 0) is 24.3 Å². The van der Waals surface area contributed by atoms with Crippen molar-refractivity contribution >= 4 is 34.0 Å². The minimum absolute atomic E-state index is 0.805. The van der Waals surface area contributed by atoms with E-state index in [0.717, 1.165) is 25.8 Å². The highest BCUT2D eigenvalue weighted by atomic mass is 35.5. The summed E-state index contributed by atoms with van der Waals surface area (Å²) in [5.41, 5.74) is 2.03. The fourth-order valence-electron chi connectivity index (χ4n) is 1.54. The monoisotopic (exact) mass is 234 g/mol. The Morgan fingerprint density at radius 3 is 3.00 bits per heavy atom. The summed E-state index contributed by atoms with van der Waals surface area (Å²) in [5, 5.41) is 1.12. The van der Waals surface area contributed by atoms with E-state index in [1.54, 1.807) is 11.3 Å². The third kappa shape index (κ3) is 1.54. The quantitative estimate of drug-likeness (QED) is 0.679. The first kappa shape index (κ1) is 8.95. The van der Waals surface area contributed by atoms with Crippen molar-refractivity contribution in [3.63, 3.8) is 0 Å². The smallest absolute Gasteiger partial charge is 0.137 e. The average Bonchev–Trinajstić information content (AvgIpc) is 2.84. The topological polar surface area (TPSA) is 28.7 Å². The Morgan fingerprint density at radius 2 is 2.20 bits per heavy atom. The molecule has 15 heavy (non-hydrogen) atoms. The molecule has 0 aliphatic heterocycles. The molecule has 1 N–H and O–H groups in total. The van der Waals surface area contributed by atoms with Crippen molar-refractivity contribution in [3.8, 4) is 10.4 Å². The van der Waals surface area contributed by atoms with Crippen molar-refractivity contribution in [2.75, 3.05) is 0 Å². The van der Waals surface area contributed by atoms with Crippen LogP contribution in [0, 0.1) is 0 Å². The molecule has 3 heterocycles. The lowest BCUT2D eigenvalue weighted by Crippen LogP contribution is -1.77. The van der Waals surface area contributed by atoms with Crippen LogP contribution in [0.4, 0.5) is 0 Å². The lowest BCUT2D eigenvalue weighted by Gasteiger charge is -1.96. The lowest BCUT2D eigenvalue weighted by atomic mass is 10.2. The van der Waals surface area contributed by atoms with Gasteiger partial charge in [0.1, 0.15) is 5.65 Å². The molecule has 0 saturated carbocycles. The summed E-state index contributed by atoms with van der Waals surface area (Å²) in [7, 11) is 0. The second kappa shape index (κ2) is 3.36. The molecule has 3 aromatic heterocycles. The van der Waals surface area contributed by atoms with E-state index in [-0.39, 0.29) is 0 Å². The molecule has 0 aliphatic carbocycles. The zero-order valence-corrected chi connectivity index (χ0v) is 9.27. The Bertz CT molecular complexity index is 612. The zero-order chi connectivity index (χ0) is 10.3. The van der Waals surface area contributed by atoms with Crippen LogP contribution in [0.15, 0.2) is 36.7 Å². The molecule has 0 amide bonds. The Balaban J connectivity index is 2.18. The molecule has 0 bridgehead atoms. The van der Waals surface area contributed by atoms with Gasteiger partial charge in [-0.15, -0.1) is 11.3 Å². The number of hydrogen-bond donors (Lipinski definition) is 1. The Labute approximate surface area is 95.5 Å². The fourth-order valence-corrected chi connectivity index (χ4v) is 2.57. The predicted octanol–water partition coefficient (Wildman–Crippen LogP) is 3.94. The summed E-state index contributed by atoms with van der Waals surface area (Å²) in [6.45, 7) is 0. The van der Waals surface area contributed by atoms with Crippen LogP contribution in [0.25, 0.3) is 21.5 Å². The highest BCUT2D eigenvalue weighted by Gasteiger charge is 2.03. The van der Waals surface area contributed by atoms with Gasteiger partial charge in [0.05, 0.1) is 4.34 Å². The number of fused-ring (bicyclic) bond motifs is 1. The van der Waals surface area contributed by atoms with Gasteiger partial charge in [-0.2, -0.15) is 0 Å². The van der Waals surface area contributed by atoms with Crippen molar-refractivity contribution in [1.82, 2.24) is 9.97 Å². The van der Waals surface area contributed by atoms with Gasteiger partial charge in [0.25, 0.3) is 0 Å². The first-order valence-corrected chi connectivity index (χ1v) is 5.71. The van der Waals surface area contributed by atoms with Crippen molar-refractivity contribution < 1.29 is 0 Å². The van der Waals surface area contributed by atoms with E-state index in [4.69, 9.17) is 11.6 Å². The zero-order valence-electron chi connectivity index (χ0n) is 7.70. The van der Waals surface area contributed by atoms with E-state index in [2.05, 4.69) is 16.0 Å². The second-order valence-corrected chi connectivity index (χ2v) is 4.96. The largest absolute Gasteiger partial charge is 0.346 e. The van der Waals surface area contributed by atoms with Crippen molar-refractivity contribution in [2.45, 2.75) is 0 Å². The summed E-state index contributed by atoms with van der Waals surface area (Å²) in [6.07, 6.45) is 3.75. The normalized spacial score (nSPS) is 11.0. The van der Waals surface area contributed by atoms with Crippen LogP contribution in [0.2, 0.25) is 4.34 Å². The molecule has 4 heteroatoms. The number of thiophene rings is 1. The third-order valence-corrected chi connectivity index (χ3v) is 3.54. The van der Waals surface area contributed by atoms with Crippen LogP contribution in [-0.2, 0) is 0 Å². The van der Waals surface area contributed by atoms with Crippen molar-refractivity contribution in [3.05, 3.63) is 41.0 Å². The number of hydrogen-bond acceptors (Lipinski definition) is 2. The third-order valence-electron chi connectivity index (χ3n) is 2.26. The molecule has 0 aromatic carbocycles. The van der Waals surface area contributed by atoms with Gasteiger partial charge in [-0.3, -0.25) is 0 Å². The SMILES string of the molecule is Clc1ccc(-c2cnc3[nH]ccc3c2)s1. The molecule has 74 valence electrons. The number of halogens is 1. The van der Waals surface area contributed by atoms with Gasteiger partial charge < -0.3 is 4.98 Å². The summed E-state index contributed by atoms with van der Waals surface area (Å²) >= 11 is 7.47. The van der Waals surface area contributed by atoms with E-state index >= 15 is 0 Å². The van der Waals surface area contributed by atoms with Crippen LogP contribution in [0.1, 0.15) is 0 Å². The van der Waals surface area contributed by atoms with Crippen molar-refractivity contribution in [1.29, 1.82) is 0 Å². The molecule has 2 nitrogen and oxygen atoms in total. The van der Waals surface area contributed by atoms with Gasteiger partial charge in [0, 0.05) is 28.2 Å².